The van der Waals surface area contributed by atoms with Gasteiger partial charge in [0, 0.05) is 12.0 Å². The smallest absolute Gasteiger partial charge is 0.273 e. The molecule has 76 valence electrons. The Hall–Kier alpha value is -1.32. The highest BCUT2D eigenvalue weighted by molar-refractivity contribution is 5.92. The highest BCUT2D eigenvalue weighted by atomic mass is 16.3. The van der Waals surface area contributed by atoms with Crippen LogP contribution in [0.15, 0.2) is 10.7 Å². The molecule has 1 aliphatic rings. The van der Waals surface area contributed by atoms with E-state index in [2.05, 4.69) is 10.3 Å². The molecule has 2 rings (SSSR count). The van der Waals surface area contributed by atoms with Gasteiger partial charge >= 0.3 is 0 Å². The van der Waals surface area contributed by atoms with Crippen LogP contribution in [0.25, 0.3) is 0 Å². The minimum Gasteiger partial charge on any atom is -0.448 e. The van der Waals surface area contributed by atoms with Crippen LogP contribution < -0.4 is 5.32 Å². The number of hydrogen-bond donors (Lipinski definition) is 1. The molecule has 0 bridgehead atoms. The Bertz CT molecular complexity index is 340. The first kappa shape index (κ1) is 9.24. The normalized spacial score (nSPS) is 15.9. The molecule has 0 aromatic carbocycles. The van der Waals surface area contributed by atoms with Crippen molar-refractivity contribution < 1.29 is 9.21 Å². The van der Waals surface area contributed by atoms with Gasteiger partial charge in [0.25, 0.3) is 5.91 Å². The topological polar surface area (TPSA) is 55.1 Å². The summed E-state index contributed by atoms with van der Waals surface area (Å²) in [5.41, 5.74) is 0.389. The standard InChI is InChI=1S/C10H14N2O2/c1-6(2)10-12-8(5-14-10)9(13)11-7-3-4-7/h5-7H,3-4H2,1-2H3,(H,11,13). The lowest BCUT2D eigenvalue weighted by atomic mass is 10.2. The monoisotopic (exact) mass is 194 g/mol. The van der Waals surface area contributed by atoms with E-state index in [0.29, 0.717) is 17.6 Å². The molecule has 1 aromatic rings. The second-order valence-electron chi connectivity index (χ2n) is 3.97. The van der Waals surface area contributed by atoms with Gasteiger partial charge in [-0.15, -0.1) is 0 Å². The predicted molar refractivity (Wildman–Crippen MR) is 51.1 cm³/mol. The van der Waals surface area contributed by atoms with Crippen molar-refractivity contribution in [1.29, 1.82) is 0 Å². The number of carbonyl (C=O) groups is 1. The molecule has 4 nitrogen and oxygen atoms in total. The summed E-state index contributed by atoms with van der Waals surface area (Å²) >= 11 is 0. The Morgan fingerprint density at radius 1 is 1.64 bits per heavy atom. The summed E-state index contributed by atoms with van der Waals surface area (Å²) in [6.45, 7) is 3.96. The number of aromatic nitrogens is 1. The largest absolute Gasteiger partial charge is 0.448 e. The van der Waals surface area contributed by atoms with Crippen LogP contribution >= 0.6 is 0 Å². The zero-order valence-corrected chi connectivity index (χ0v) is 8.41. The minimum absolute atomic E-state index is 0.122. The molecule has 1 heterocycles. The van der Waals surface area contributed by atoms with Gasteiger partial charge in [-0.3, -0.25) is 4.79 Å². The van der Waals surface area contributed by atoms with Crippen LogP contribution in [0.5, 0.6) is 0 Å². The molecule has 1 N–H and O–H groups in total. The summed E-state index contributed by atoms with van der Waals surface area (Å²) in [6, 6.07) is 0.363. The van der Waals surface area contributed by atoms with Crippen molar-refractivity contribution in [3.05, 3.63) is 17.8 Å². The lowest BCUT2D eigenvalue weighted by molar-refractivity contribution is 0.0946. The van der Waals surface area contributed by atoms with Crippen LogP contribution in [0.3, 0.4) is 0 Å². The van der Waals surface area contributed by atoms with Crippen molar-refractivity contribution in [1.82, 2.24) is 10.3 Å². The number of nitrogens with zero attached hydrogens (tertiary/aromatic N) is 1. The molecule has 0 aliphatic heterocycles. The van der Waals surface area contributed by atoms with Crippen molar-refractivity contribution in [2.75, 3.05) is 0 Å². The summed E-state index contributed by atoms with van der Waals surface area (Å²) in [5.74, 6) is 0.714. The summed E-state index contributed by atoms with van der Waals surface area (Å²) in [7, 11) is 0. The second kappa shape index (κ2) is 3.44. The molecule has 0 saturated heterocycles. The van der Waals surface area contributed by atoms with Gasteiger partial charge in [-0.05, 0) is 12.8 Å². The molecule has 0 unspecified atom stereocenters. The van der Waals surface area contributed by atoms with Gasteiger partial charge in [0.1, 0.15) is 6.26 Å². The Morgan fingerprint density at radius 3 is 2.86 bits per heavy atom. The molecule has 1 fully saturated rings. The fourth-order valence-electron chi connectivity index (χ4n) is 1.14. The molecule has 14 heavy (non-hydrogen) atoms. The van der Waals surface area contributed by atoms with Gasteiger partial charge in [0.2, 0.25) is 0 Å². The Kier molecular flexibility index (Phi) is 2.27. The number of amides is 1. The zero-order chi connectivity index (χ0) is 10.1. The number of nitrogens with one attached hydrogen (secondary N) is 1. The van der Waals surface area contributed by atoms with Crippen molar-refractivity contribution in [3.8, 4) is 0 Å². The van der Waals surface area contributed by atoms with E-state index in [1.807, 2.05) is 13.8 Å². The van der Waals surface area contributed by atoms with Crippen molar-refractivity contribution in [3.63, 3.8) is 0 Å². The SMILES string of the molecule is CC(C)c1nc(C(=O)NC2CC2)co1. The quantitative estimate of drug-likeness (QED) is 0.796. The van der Waals surface area contributed by atoms with Crippen molar-refractivity contribution in [2.45, 2.75) is 38.6 Å². The maximum absolute atomic E-state index is 11.5. The van der Waals surface area contributed by atoms with Crippen molar-refractivity contribution in [2.24, 2.45) is 0 Å². The minimum atomic E-state index is -0.122. The third-order valence-electron chi connectivity index (χ3n) is 2.16. The Labute approximate surface area is 82.7 Å². The highest BCUT2D eigenvalue weighted by Gasteiger charge is 2.25. The fraction of sp³-hybridized carbons (Fsp3) is 0.600. The van der Waals surface area contributed by atoms with E-state index in [-0.39, 0.29) is 11.8 Å². The predicted octanol–water partition coefficient (Wildman–Crippen LogP) is 1.69. The molecule has 4 heteroatoms. The highest BCUT2D eigenvalue weighted by Crippen LogP contribution is 2.19. The maximum Gasteiger partial charge on any atom is 0.273 e. The van der Waals surface area contributed by atoms with E-state index in [0.717, 1.165) is 12.8 Å². The number of rotatable bonds is 3. The van der Waals surface area contributed by atoms with Crippen LogP contribution in [0.4, 0.5) is 0 Å². The molecule has 1 saturated carbocycles. The van der Waals surface area contributed by atoms with E-state index in [4.69, 9.17) is 4.42 Å². The molecule has 0 atom stereocenters. The summed E-state index contributed by atoms with van der Waals surface area (Å²) < 4.78 is 5.18. The first-order valence-electron chi connectivity index (χ1n) is 4.93. The summed E-state index contributed by atoms with van der Waals surface area (Å²) in [6.07, 6.45) is 3.59. The van der Waals surface area contributed by atoms with Gasteiger partial charge in [-0.2, -0.15) is 0 Å². The van der Waals surface area contributed by atoms with Crippen LogP contribution in [0.1, 0.15) is 49.0 Å². The van der Waals surface area contributed by atoms with Gasteiger partial charge in [-0.1, -0.05) is 13.8 Å². The zero-order valence-electron chi connectivity index (χ0n) is 8.41. The molecule has 1 aromatic heterocycles. The Balaban J connectivity index is 2.03. The summed E-state index contributed by atoms with van der Waals surface area (Å²) in [4.78, 5) is 15.6. The lowest BCUT2D eigenvalue weighted by Crippen LogP contribution is -2.25. The van der Waals surface area contributed by atoms with E-state index in [1.54, 1.807) is 0 Å². The molecular formula is C10H14N2O2. The third-order valence-corrected chi connectivity index (χ3v) is 2.16. The van der Waals surface area contributed by atoms with Gasteiger partial charge in [0.05, 0.1) is 0 Å². The average Bonchev–Trinajstić information content (AvgIpc) is 2.81. The number of oxazole rings is 1. The van der Waals surface area contributed by atoms with E-state index < -0.39 is 0 Å². The first-order chi connectivity index (χ1) is 6.66. The van der Waals surface area contributed by atoms with Crippen molar-refractivity contribution >= 4 is 5.91 Å². The van der Waals surface area contributed by atoms with Crippen LogP contribution in [0.2, 0.25) is 0 Å². The maximum atomic E-state index is 11.5. The molecular weight excluding hydrogens is 180 g/mol. The van der Waals surface area contributed by atoms with Crippen LogP contribution in [-0.2, 0) is 0 Å². The van der Waals surface area contributed by atoms with Crippen LogP contribution in [-0.4, -0.2) is 16.9 Å². The lowest BCUT2D eigenvalue weighted by Gasteiger charge is -1.97. The van der Waals surface area contributed by atoms with E-state index in [9.17, 15) is 4.79 Å². The van der Waals surface area contributed by atoms with E-state index >= 15 is 0 Å². The average molecular weight is 194 g/mol. The molecule has 0 spiro atoms. The fourth-order valence-corrected chi connectivity index (χ4v) is 1.14. The van der Waals surface area contributed by atoms with E-state index in [1.165, 1.54) is 6.26 Å². The number of hydrogen-bond acceptors (Lipinski definition) is 3. The summed E-state index contributed by atoms with van der Waals surface area (Å²) in [5, 5.41) is 2.86. The Morgan fingerprint density at radius 2 is 2.36 bits per heavy atom. The van der Waals surface area contributed by atoms with Gasteiger partial charge < -0.3 is 9.73 Å². The molecule has 1 aliphatic carbocycles. The molecule has 0 radical (unpaired) electrons. The first-order valence-corrected chi connectivity index (χ1v) is 4.93. The number of carbonyl (C=O) groups excluding carboxylic acids is 1. The third kappa shape index (κ3) is 1.95. The van der Waals surface area contributed by atoms with Gasteiger partial charge in [-0.25, -0.2) is 4.98 Å². The second-order valence-corrected chi connectivity index (χ2v) is 3.97. The molecule has 1 amide bonds. The van der Waals surface area contributed by atoms with Crippen LogP contribution in [0, 0.1) is 0 Å². The van der Waals surface area contributed by atoms with Gasteiger partial charge in [0.15, 0.2) is 11.6 Å².